The summed E-state index contributed by atoms with van der Waals surface area (Å²) in [5.74, 6) is 0. The van der Waals surface area contributed by atoms with E-state index in [9.17, 15) is 0 Å². The molecule has 0 bridgehead atoms. The molecule has 2 aromatic heterocycles. The van der Waals surface area contributed by atoms with Gasteiger partial charge in [0.25, 0.3) is 0 Å². The largest absolute Gasteiger partial charge is 0.375 e. The Labute approximate surface area is 98.8 Å². The van der Waals surface area contributed by atoms with Crippen LogP contribution in [-0.2, 0) is 13.1 Å². The standard InChI is InChI=1S/C11H14N4S/c1-15(6-9-3-2-4-13-5-9)7-10-8-16-11(12)14-10/h2-5,8H,6-7H2,1H3,(H2,12,14). The van der Waals surface area contributed by atoms with Crippen LogP contribution in [0.25, 0.3) is 0 Å². The average molecular weight is 234 g/mol. The first-order valence-corrected chi connectivity index (χ1v) is 5.89. The molecule has 0 amide bonds. The second-order valence-corrected chi connectivity index (χ2v) is 4.60. The van der Waals surface area contributed by atoms with Crippen LogP contribution in [0.3, 0.4) is 0 Å². The lowest BCUT2D eigenvalue weighted by molar-refractivity contribution is 0.315. The van der Waals surface area contributed by atoms with Crippen LogP contribution in [0.2, 0.25) is 0 Å². The maximum absolute atomic E-state index is 5.59. The molecule has 5 heteroatoms. The molecule has 84 valence electrons. The van der Waals surface area contributed by atoms with Gasteiger partial charge >= 0.3 is 0 Å². The van der Waals surface area contributed by atoms with Crippen LogP contribution in [0.15, 0.2) is 29.9 Å². The number of aromatic nitrogens is 2. The molecule has 0 aliphatic rings. The van der Waals surface area contributed by atoms with E-state index < -0.39 is 0 Å². The first-order valence-electron chi connectivity index (χ1n) is 5.01. The van der Waals surface area contributed by atoms with E-state index in [4.69, 9.17) is 5.73 Å². The number of hydrogen-bond acceptors (Lipinski definition) is 5. The minimum atomic E-state index is 0.629. The third-order valence-electron chi connectivity index (χ3n) is 2.18. The Balaban J connectivity index is 1.92. The highest BCUT2D eigenvalue weighted by molar-refractivity contribution is 7.13. The van der Waals surface area contributed by atoms with Crippen LogP contribution in [0, 0.1) is 0 Å². The molecular formula is C11H14N4S. The first-order chi connectivity index (χ1) is 7.74. The van der Waals surface area contributed by atoms with Crippen LogP contribution in [0.1, 0.15) is 11.3 Å². The van der Waals surface area contributed by atoms with E-state index in [0.29, 0.717) is 5.13 Å². The first kappa shape index (κ1) is 11.0. The summed E-state index contributed by atoms with van der Waals surface area (Å²) < 4.78 is 0. The van der Waals surface area contributed by atoms with Gasteiger partial charge in [-0.15, -0.1) is 11.3 Å². The van der Waals surface area contributed by atoms with Crippen LogP contribution in [0.5, 0.6) is 0 Å². The lowest BCUT2D eigenvalue weighted by Crippen LogP contribution is -2.17. The SMILES string of the molecule is CN(Cc1cccnc1)Cc1csc(N)n1. The van der Waals surface area contributed by atoms with Gasteiger partial charge in [0, 0.05) is 30.9 Å². The summed E-state index contributed by atoms with van der Waals surface area (Å²) in [6.07, 6.45) is 3.66. The van der Waals surface area contributed by atoms with Gasteiger partial charge in [0.15, 0.2) is 5.13 Å². The number of pyridine rings is 1. The average Bonchev–Trinajstić information content (AvgIpc) is 2.65. The Morgan fingerprint density at radius 3 is 2.94 bits per heavy atom. The molecule has 0 aromatic carbocycles. The zero-order chi connectivity index (χ0) is 11.4. The van der Waals surface area contributed by atoms with Crippen molar-refractivity contribution in [3.63, 3.8) is 0 Å². The fraction of sp³-hybridized carbons (Fsp3) is 0.273. The number of rotatable bonds is 4. The predicted octanol–water partition coefficient (Wildman–Crippen LogP) is 1.75. The summed E-state index contributed by atoms with van der Waals surface area (Å²) >= 11 is 1.48. The minimum absolute atomic E-state index is 0.629. The summed E-state index contributed by atoms with van der Waals surface area (Å²) in [5.41, 5.74) is 7.81. The van der Waals surface area contributed by atoms with Crippen molar-refractivity contribution >= 4 is 16.5 Å². The zero-order valence-electron chi connectivity index (χ0n) is 9.13. The highest BCUT2D eigenvalue weighted by Gasteiger charge is 2.04. The van der Waals surface area contributed by atoms with E-state index in [2.05, 4.69) is 28.0 Å². The second kappa shape index (κ2) is 5.05. The van der Waals surface area contributed by atoms with E-state index in [-0.39, 0.29) is 0 Å². The fourth-order valence-corrected chi connectivity index (χ4v) is 2.09. The molecule has 4 nitrogen and oxygen atoms in total. The van der Waals surface area contributed by atoms with Gasteiger partial charge in [-0.05, 0) is 18.7 Å². The molecule has 0 saturated heterocycles. The molecule has 2 heterocycles. The predicted molar refractivity (Wildman–Crippen MR) is 65.9 cm³/mol. The van der Waals surface area contributed by atoms with Gasteiger partial charge in [0.1, 0.15) is 0 Å². The van der Waals surface area contributed by atoms with Gasteiger partial charge in [-0.2, -0.15) is 0 Å². The van der Waals surface area contributed by atoms with Crippen molar-refractivity contribution in [2.45, 2.75) is 13.1 Å². The number of anilines is 1. The third-order valence-corrected chi connectivity index (χ3v) is 2.90. The van der Waals surface area contributed by atoms with Gasteiger partial charge in [0.05, 0.1) is 5.69 Å². The molecule has 0 aliphatic heterocycles. The van der Waals surface area contributed by atoms with Crippen molar-refractivity contribution in [2.24, 2.45) is 0 Å². The molecule has 0 atom stereocenters. The normalized spacial score (nSPS) is 10.9. The highest BCUT2D eigenvalue weighted by atomic mass is 32.1. The topological polar surface area (TPSA) is 55.0 Å². The van der Waals surface area contributed by atoms with E-state index in [1.54, 1.807) is 6.20 Å². The number of thiazole rings is 1. The minimum Gasteiger partial charge on any atom is -0.375 e. The van der Waals surface area contributed by atoms with Crippen molar-refractivity contribution in [3.8, 4) is 0 Å². The smallest absolute Gasteiger partial charge is 0.180 e. The third kappa shape index (κ3) is 3.01. The Bertz CT molecular complexity index is 440. The Hall–Kier alpha value is -1.46. The molecule has 0 radical (unpaired) electrons. The van der Waals surface area contributed by atoms with Gasteiger partial charge in [-0.25, -0.2) is 4.98 Å². The molecule has 2 aromatic rings. The fourth-order valence-electron chi connectivity index (χ4n) is 1.53. The summed E-state index contributed by atoms with van der Waals surface area (Å²) in [7, 11) is 2.06. The van der Waals surface area contributed by atoms with E-state index >= 15 is 0 Å². The number of nitrogen functional groups attached to an aromatic ring is 1. The lowest BCUT2D eigenvalue weighted by Gasteiger charge is -2.14. The maximum Gasteiger partial charge on any atom is 0.180 e. The molecule has 0 fully saturated rings. The summed E-state index contributed by atoms with van der Waals surface area (Å²) in [6.45, 7) is 1.67. The molecule has 0 aliphatic carbocycles. The zero-order valence-corrected chi connectivity index (χ0v) is 9.94. The van der Waals surface area contributed by atoms with Crippen LogP contribution < -0.4 is 5.73 Å². The van der Waals surface area contributed by atoms with Crippen LogP contribution >= 0.6 is 11.3 Å². The molecule has 2 N–H and O–H groups in total. The van der Waals surface area contributed by atoms with Crippen LogP contribution in [-0.4, -0.2) is 21.9 Å². The monoisotopic (exact) mass is 234 g/mol. The summed E-state index contributed by atoms with van der Waals surface area (Å²) in [4.78, 5) is 10.5. The van der Waals surface area contributed by atoms with Gasteiger partial charge in [-0.1, -0.05) is 6.07 Å². The Kier molecular flexibility index (Phi) is 3.48. The van der Waals surface area contributed by atoms with E-state index in [1.807, 2.05) is 17.6 Å². The highest BCUT2D eigenvalue weighted by Crippen LogP contribution is 2.13. The second-order valence-electron chi connectivity index (χ2n) is 3.71. The molecular weight excluding hydrogens is 220 g/mol. The summed E-state index contributed by atoms with van der Waals surface area (Å²) in [5, 5.41) is 2.62. The van der Waals surface area contributed by atoms with Crippen LogP contribution in [0.4, 0.5) is 5.13 Å². The lowest BCUT2D eigenvalue weighted by atomic mass is 10.2. The Morgan fingerprint density at radius 2 is 2.31 bits per heavy atom. The number of nitrogens with two attached hydrogens (primary N) is 1. The van der Waals surface area contributed by atoms with Gasteiger partial charge in [0.2, 0.25) is 0 Å². The molecule has 16 heavy (non-hydrogen) atoms. The van der Waals surface area contributed by atoms with Crippen molar-refractivity contribution in [1.82, 2.24) is 14.9 Å². The molecule has 0 saturated carbocycles. The van der Waals surface area contributed by atoms with E-state index in [0.717, 1.165) is 18.8 Å². The van der Waals surface area contributed by atoms with Crippen molar-refractivity contribution in [1.29, 1.82) is 0 Å². The number of hydrogen-bond donors (Lipinski definition) is 1. The molecule has 0 spiro atoms. The van der Waals surface area contributed by atoms with Crippen molar-refractivity contribution in [2.75, 3.05) is 12.8 Å². The van der Waals surface area contributed by atoms with Gasteiger partial charge < -0.3 is 5.73 Å². The summed E-state index contributed by atoms with van der Waals surface area (Å²) in [6, 6.07) is 4.02. The van der Waals surface area contributed by atoms with E-state index in [1.165, 1.54) is 16.9 Å². The van der Waals surface area contributed by atoms with Gasteiger partial charge in [-0.3, -0.25) is 9.88 Å². The molecule has 2 rings (SSSR count). The van der Waals surface area contributed by atoms with Crippen molar-refractivity contribution in [3.05, 3.63) is 41.2 Å². The quantitative estimate of drug-likeness (QED) is 0.875. The Morgan fingerprint density at radius 1 is 1.44 bits per heavy atom. The van der Waals surface area contributed by atoms with Crippen molar-refractivity contribution < 1.29 is 0 Å². The number of nitrogens with zero attached hydrogens (tertiary/aromatic N) is 3. The maximum atomic E-state index is 5.59. The molecule has 0 unspecified atom stereocenters.